The first-order valence-corrected chi connectivity index (χ1v) is 30.1. The summed E-state index contributed by atoms with van der Waals surface area (Å²) >= 11 is 0. The minimum atomic E-state index is -0.0997. The third-order valence-corrected chi connectivity index (χ3v) is 13.3. The van der Waals surface area contributed by atoms with Crippen molar-refractivity contribution in [2.45, 2.75) is 122 Å². The van der Waals surface area contributed by atoms with Gasteiger partial charge in [-0.2, -0.15) is 0 Å². The number of aldehydes is 2. The monoisotopic (exact) mass is 1200 g/mol. The second-order valence-electron chi connectivity index (χ2n) is 23.5. The predicted octanol–water partition coefficient (Wildman–Crippen LogP) is 14.3. The van der Waals surface area contributed by atoms with Gasteiger partial charge in [0.25, 0.3) is 0 Å². The predicted molar refractivity (Wildman–Crippen MR) is 356 cm³/mol. The Morgan fingerprint density at radius 1 is 0.602 bits per heavy atom. The molecular weight excluding hydrogens is 1110 g/mol. The molecule has 0 fully saturated rings. The minimum Gasteiger partial charge on any atom is -0.507 e. The Hall–Kier alpha value is -8.56. The average molecular weight is 1200 g/mol. The van der Waals surface area contributed by atoms with Crippen LogP contribution in [-0.4, -0.2) is 97.8 Å². The molecule has 2 heterocycles. The van der Waals surface area contributed by atoms with Crippen LogP contribution in [0.2, 0.25) is 0 Å². The largest absolute Gasteiger partial charge is 0.507 e. The van der Waals surface area contributed by atoms with Crippen LogP contribution in [0.3, 0.4) is 0 Å². The highest BCUT2D eigenvalue weighted by Crippen LogP contribution is 2.29. The molecule has 15 nitrogen and oxygen atoms in total. The van der Waals surface area contributed by atoms with E-state index >= 15 is 0 Å². The number of pyridine rings is 1. The highest BCUT2D eigenvalue weighted by molar-refractivity contribution is 5.94. The Morgan fingerprint density at radius 2 is 1.01 bits per heavy atom. The first-order valence-electron chi connectivity index (χ1n) is 30.1. The second kappa shape index (κ2) is 38.6. The number of aryl methyl sites for hydroxylation is 6. The summed E-state index contributed by atoms with van der Waals surface area (Å²) in [5.41, 5.74) is 11.2. The van der Waals surface area contributed by atoms with E-state index in [4.69, 9.17) is 24.1 Å². The van der Waals surface area contributed by atoms with Crippen molar-refractivity contribution >= 4 is 42.2 Å². The molecule has 1 aliphatic rings. The van der Waals surface area contributed by atoms with Crippen LogP contribution < -0.4 is 29.6 Å². The molecule has 5 aromatic carbocycles. The van der Waals surface area contributed by atoms with Gasteiger partial charge in [0.1, 0.15) is 34.6 Å². The van der Waals surface area contributed by atoms with Crippen LogP contribution in [0.5, 0.6) is 28.7 Å². The Labute approximate surface area is 524 Å². The number of anilines is 1. The normalized spacial score (nSPS) is 11.3. The molecule has 0 radical (unpaired) electrons. The molecule has 7 rings (SSSR count). The van der Waals surface area contributed by atoms with Crippen molar-refractivity contribution in [2.24, 2.45) is 23.7 Å². The molecule has 3 N–H and O–H groups in total. The Kier molecular flexibility index (Phi) is 32.3. The molecule has 0 unspecified atom stereocenters. The maximum absolute atomic E-state index is 12.6. The van der Waals surface area contributed by atoms with Gasteiger partial charge in [-0.3, -0.25) is 24.0 Å². The van der Waals surface area contributed by atoms with Crippen LogP contribution in [0, 0.1) is 58.3 Å². The summed E-state index contributed by atoms with van der Waals surface area (Å²) in [6, 6.07) is 30.9. The fourth-order valence-corrected chi connectivity index (χ4v) is 8.56. The molecule has 0 aliphatic carbocycles. The third kappa shape index (κ3) is 25.4. The van der Waals surface area contributed by atoms with Gasteiger partial charge in [-0.05, 0) is 141 Å². The molecule has 3 amide bonds. The number of para-hydroxylation sites is 5. The van der Waals surface area contributed by atoms with Gasteiger partial charge in [0, 0.05) is 69.1 Å². The van der Waals surface area contributed by atoms with Gasteiger partial charge < -0.3 is 44.5 Å². The lowest BCUT2D eigenvalue weighted by Gasteiger charge is -2.20. The van der Waals surface area contributed by atoms with E-state index < -0.39 is 0 Å². The molecular formula is C73H97N5O10. The molecule has 0 atom stereocenters. The van der Waals surface area contributed by atoms with E-state index in [9.17, 15) is 24.0 Å². The number of hydrogen-bond donors (Lipinski definition) is 3. The van der Waals surface area contributed by atoms with E-state index in [0.29, 0.717) is 92.7 Å². The Morgan fingerprint density at radius 3 is 1.45 bits per heavy atom. The number of benzene rings is 5. The lowest BCUT2D eigenvalue weighted by molar-refractivity contribution is -0.126. The van der Waals surface area contributed by atoms with Crippen LogP contribution in [0.15, 0.2) is 122 Å². The van der Waals surface area contributed by atoms with Gasteiger partial charge in [0.2, 0.25) is 17.7 Å². The summed E-state index contributed by atoms with van der Waals surface area (Å²) in [6.07, 6.45) is 8.89. The van der Waals surface area contributed by atoms with Gasteiger partial charge in [-0.25, -0.2) is 4.98 Å². The van der Waals surface area contributed by atoms with Crippen molar-refractivity contribution in [1.29, 1.82) is 0 Å². The number of phenolic OH excluding ortho intramolecular Hbond substituents is 1. The number of hydrogen-bond acceptors (Lipinski definition) is 12. The maximum Gasteiger partial charge on any atom is 0.246 e. The van der Waals surface area contributed by atoms with Gasteiger partial charge in [-0.1, -0.05) is 141 Å². The Bertz CT molecular complexity index is 3240. The molecule has 1 aliphatic heterocycles. The number of nitrogens with zero attached hydrogens (tertiary/aromatic N) is 3. The molecule has 0 bridgehead atoms. The van der Waals surface area contributed by atoms with Crippen molar-refractivity contribution in [3.63, 3.8) is 0 Å². The number of likely N-dealkylation sites (N-methyl/N-ethyl adjacent to an activating group) is 2. The van der Waals surface area contributed by atoms with Gasteiger partial charge in [0.15, 0.2) is 12.6 Å². The molecule has 1 aromatic heterocycles. The zero-order valence-corrected chi connectivity index (χ0v) is 55.0. The number of rotatable bonds is 23. The molecule has 0 spiro atoms. The van der Waals surface area contributed by atoms with E-state index in [1.54, 1.807) is 73.4 Å². The van der Waals surface area contributed by atoms with Crippen molar-refractivity contribution in [1.82, 2.24) is 20.1 Å². The van der Waals surface area contributed by atoms with Crippen LogP contribution in [0.1, 0.15) is 138 Å². The molecule has 0 saturated carbocycles. The van der Waals surface area contributed by atoms with E-state index in [1.165, 1.54) is 17.2 Å². The smallest absolute Gasteiger partial charge is 0.246 e. The number of fused-ring (bicyclic) bond motifs is 1. The van der Waals surface area contributed by atoms with Crippen LogP contribution in [0.4, 0.5) is 5.82 Å². The standard InChI is InChI=1S/C24H29N3O3.C16H23NO2.C13H21NO.C12H16O2.C8H8O2/c1-16(2)15-30-23-17(3)6-5-7-20(23)14-27(4)22(29)11-8-18-12-19-9-10-21(28)26-24(19)25-13-18;1-6-15(18)17(5)10-14-9-7-8-13(4)16(14)19-11-12(2)3;1-10(2)9-15-13-11(3)6-5-7-12(13)8-14-4;1-9(2)8-14-12-10(3)5-4-6-11(12)7-13;1-6-3-2-4-7(5-9)8(6)10/h5-8,11-13,16H,9-10,14-15H2,1-4H3,(H,25,26,28);6-9,12H,1,10-11H2,2-5H3;5-7,10,14H,8-9H2,1-4H3;4-7,9H,8H2,1-3H3;2-5,10H,1H3/b11-8+;;;;. The molecule has 6 aromatic rings. The van der Waals surface area contributed by atoms with Crippen LogP contribution in [0.25, 0.3) is 6.08 Å². The van der Waals surface area contributed by atoms with Crippen molar-refractivity contribution in [3.8, 4) is 28.7 Å². The minimum absolute atomic E-state index is 0.0111. The maximum atomic E-state index is 12.6. The summed E-state index contributed by atoms with van der Waals surface area (Å²) < 4.78 is 23.3. The third-order valence-electron chi connectivity index (χ3n) is 13.3. The highest BCUT2D eigenvalue weighted by atomic mass is 16.5. The zero-order valence-electron chi connectivity index (χ0n) is 55.0. The number of aromatic nitrogens is 1. The molecule has 15 heteroatoms. The second-order valence-corrected chi connectivity index (χ2v) is 23.5. The lowest BCUT2D eigenvalue weighted by atomic mass is 10.0. The van der Waals surface area contributed by atoms with Crippen LogP contribution in [-0.2, 0) is 40.4 Å². The first kappa shape index (κ1) is 73.7. The fourth-order valence-electron chi connectivity index (χ4n) is 8.56. The fraction of sp³-hybridized carbons (Fsp3) is 0.397. The molecule has 88 heavy (non-hydrogen) atoms. The zero-order chi connectivity index (χ0) is 65.5. The summed E-state index contributed by atoms with van der Waals surface area (Å²) in [5.74, 6) is 5.93. The van der Waals surface area contributed by atoms with E-state index in [0.717, 1.165) is 86.9 Å². The molecule has 474 valence electrons. The van der Waals surface area contributed by atoms with E-state index in [2.05, 4.69) is 103 Å². The average Bonchev–Trinajstić information content (AvgIpc) is 2.00. The number of ether oxygens (including phenoxy) is 4. The van der Waals surface area contributed by atoms with E-state index in [1.807, 2.05) is 82.4 Å². The van der Waals surface area contributed by atoms with Crippen molar-refractivity contribution in [3.05, 3.63) is 189 Å². The SMILES string of the molecule is C=CC(=O)N(C)Cc1cccc(C)c1OCC(C)C.CNCc1cccc(C)c1OCC(C)C.Cc1cccc(C=O)c1O.Cc1cccc(C=O)c1OCC(C)C.Cc1cccc(CN(C)C(=O)/C=C/c2cnc3c(c2)CCC(=O)N3)c1OCC(C)C. The number of carbonyl (C=O) groups excluding carboxylic acids is 5. The Balaban J connectivity index is 0.000000304. The van der Waals surface area contributed by atoms with Crippen molar-refractivity contribution < 1.29 is 48.0 Å². The number of phenols is 1. The van der Waals surface area contributed by atoms with Gasteiger partial charge in [0.05, 0.1) is 37.6 Å². The highest BCUT2D eigenvalue weighted by Gasteiger charge is 2.18. The van der Waals surface area contributed by atoms with Crippen LogP contribution >= 0.6 is 0 Å². The number of nitrogens with one attached hydrogen (secondary N) is 2. The quantitative estimate of drug-likeness (QED) is 0.0408. The summed E-state index contributed by atoms with van der Waals surface area (Å²) in [7, 11) is 5.50. The number of aromatic hydroxyl groups is 1. The lowest BCUT2D eigenvalue weighted by Crippen LogP contribution is -2.24. The topological polar surface area (TPSA) is 186 Å². The van der Waals surface area contributed by atoms with Gasteiger partial charge >= 0.3 is 0 Å². The molecule has 0 saturated heterocycles. The number of amides is 3. The summed E-state index contributed by atoms with van der Waals surface area (Å²) in [4.78, 5) is 64.2. The van der Waals surface area contributed by atoms with Gasteiger partial charge in [-0.15, -0.1) is 0 Å². The summed E-state index contributed by atoms with van der Waals surface area (Å²) in [5, 5.41) is 15.1. The first-order chi connectivity index (χ1) is 41.8. The van der Waals surface area contributed by atoms with E-state index in [-0.39, 0.29) is 23.5 Å². The summed E-state index contributed by atoms with van der Waals surface area (Å²) in [6.45, 7) is 34.9. The number of carbonyl (C=O) groups is 5. The van der Waals surface area contributed by atoms with Crippen molar-refractivity contribution in [2.75, 3.05) is 52.9 Å².